The van der Waals surface area contributed by atoms with Crippen LogP contribution in [0.2, 0.25) is 0 Å². The highest BCUT2D eigenvalue weighted by molar-refractivity contribution is 6.07. The van der Waals surface area contributed by atoms with Gasteiger partial charge in [0.15, 0.2) is 0 Å². The molecule has 7 heteroatoms. The first-order valence-corrected chi connectivity index (χ1v) is 8.70. The monoisotopic (exact) mass is 344 g/mol. The molecule has 0 unspecified atom stereocenters. The van der Waals surface area contributed by atoms with Crippen molar-refractivity contribution in [3.8, 4) is 0 Å². The fourth-order valence-corrected chi connectivity index (χ4v) is 2.99. The van der Waals surface area contributed by atoms with Gasteiger partial charge in [0.25, 0.3) is 11.6 Å². The third kappa shape index (κ3) is 3.65. The van der Waals surface area contributed by atoms with E-state index in [4.69, 9.17) is 4.52 Å². The summed E-state index contributed by atoms with van der Waals surface area (Å²) in [6, 6.07) is 1.24. The van der Waals surface area contributed by atoms with E-state index in [9.17, 15) is 9.59 Å². The first-order valence-electron chi connectivity index (χ1n) is 8.70. The minimum absolute atomic E-state index is 0.197. The number of likely N-dealkylation sites (N-methyl/N-ethyl adjacent to an activating group) is 1. The maximum Gasteiger partial charge on any atom is 0.259 e. The van der Waals surface area contributed by atoms with Crippen LogP contribution in [0.25, 0.3) is 11.1 Å². The van der Waals surface area contributed by atoms with Crippen molar-refractivity contribution >= 4 is 22.9 Å². The summed E-state index contributed by atoms with van der Waals surface area (Å²) in [5.74, 6) is 0.165. The molecule has 0 radical (unpaired) electrons. The first kappa shape index (κ1) is 17.4. The van der Waals surface area contributed by atoms with Crippen LogP contribution in [0.4, 0.5) is 0 Å². The fraction of sp³-hybridized carbons (Fsp3) is 0.556. The van der Waals surface area contributed by atoms with E-state index in [0.29, 0.717) is 34.7 Å². The van der Waals surface area contributed by atoms with E-state index in [-0.39, 0.29) is 17.7 Å². The summed E-state index contributed by atoms with van der Waals surface area (Å²) < 4.78 is 5.28. The van der Waals surface area contributed by atoms with Crippen LogP contribution >= 0.6 is 0 Å². The van der Waals surface area contributed by atoms with Gasteiger partial charge in [-0.15, -0.1) is 0 Å². The highest BCUT2D eigenvalue weighted by Crippen LogP contribution is 2.40. The van der Waals surface area contributed by atoms with Gasteiger partial charge in [0.05, 0.1) is 16.6 Å². The molecule has 0 aromatic carbocycles. The Kier molecular flexibility index (Phi) is 4.74. The van der Waals surface area contributed by atoms with Crippen LogP contribution in [0, 0.1) is 12.8 Å². The van der Waals surface area contributed by atoms with Gasteiger partial charge in [-0.2, -0.15) is 0 Å². The van der Waals surface area contributed by atoms with Crippen LogP contribution in [0.3, 0.4) is 0 Å². The average molecular weight is 344 g/mol. The molecule has 1 fully saturated rings. The predicted octanol–water partition coefficient (Wildman–Crippen LogP) is 2.30. The molecule has 1 saturated carbocycles. The molecule has 2 aromatic rings. The molecule has 2 aromatic heterocycles. The predicted molar refractivity (Wildman–Crippen MR) is 93.3 cm³/mol. The third-order valence-electron chi connectivity index (χ3n) is 4.45. The quantitative estimate of drug-likeness (QED) is 0.838. The molecule has 0 bridgehead atoms. The molecule has 1 aliphatic rings. The van der Waals surface area contributed by atoms with Crippen molar-refractivity contribution in [1.29, 1.82) is 0 Å². The van der Waals surface area contributed by atoms with E-state index in [1.807, 2.05) is 19.9 Å². The molecule has 25 heavy (non-hydrogen) atoms. The number of fused-ring (bicyclic) bond motifs is 1. The number of nitrogens with zero attached hydrogens (tertiary/aromatic N) is 2. The lowest BCUT2D eigenvalue weighted by Gasteiger charge is -2.19. The second-order valence-electron chi connectivity index (χ2n) is 7.09. The lowest BCUT2D eigenvalue weighted by Crippen LogP contribution is -2.46. The van der Waals surface area contributed by atoms with Gasteiger partial charge >= 0.3 is 0 Å². The minimum atomic E-state index is -0.578. The topological polar surface area (TPSA) is 97.1 Å². The van der Waals surface area contributed by atoms with Gasteiger partial charge in [0.1, 0.15) is 6.04 Å². The number of amides is 2. The van der Waals surface area contributed by atoms with Crippen LogP contribution in [0.15, 0.2) is 10.6 Å². The Morgan fingerprint density at radius 3 is 2.68 bits per heavy atom. The second-order valence-corrected chi connectivity index (χ2v) is 7.09. The number of aryl methyl sites for hydroxylation is 1. The number of pyridine rings is 1. The van der Waals surface area contributed by atoms with Crippen molar-refractivity contribution in [3.05, 3.63) is 23.0 Å². The van der Waals surface area contributed by atoms with Gasteiger partial charge in [-0.1, -0.05) is 19.0 Å². The smallest absolute Gasteiger partial charge is 0.259 e. The van der Waals surface area contributed by atoms with Crippen molar-refractivity contribution in [2.45, 2.75) is 52.0 Å². The van der Waals surface area contributed by atoms with Gasteiger partial charge in [0, 0.05) is 18.7 Å². The number of nitrogens with one attached hydrogen (secondary N) is 2. The van der Waals surface area contributed by atoms with Crippen molar-refractivity contribution in [2.75, 3.05) is 7.05 Å². The Balaban J connectivity index is 1.94. The van der Waals surface area contributed by atoms with Crippen molar-refractivity contribution < 1.29 is 14.1 Å². The van der Waals surface area contributed by atoms with E-state index in [0.717, 1.165) is 18.5 Å². The molecule has 1 aliphatic carbocycles. The molecule has 0 aliphatic heterocycles. The molecular formula is C18H24N4O3. The second kappa shape index (κ2) is 6.82. The lowest BCUT2D eigenvalue weighted by molar-refractivity contribution is -0.122. The zero-order chi connectivity index (χ0) is 18.1. The van der Waals surface area contributed by atoms with E-state index < -0.39 is 6.04 Å². The molecule has 2 heterocycles. The lowest BCUT2D eigenvalue weighted by atomic mass is 10.0. The van der Waals surface area contributed by atoms with E-state index in [1.54, 1.807) is 14.0 Å². The number of hydrogen-bond donors (Lipinski definition) is 2. The summed E-state index contributed by atoms with van der Waals surface area (Å²) in [7, 11) is 1.57. The van der Waals surface area contributed by atoms with Crippen LogP contribution in [0.1, 0.15) is 60.8 Å². The van der Waals surface area contributed by atoms with Crippen LogP contribution < -0.4 is 10.6 Å². The summed E-state index contributed by atoms with van der Waals surface area (Å²) in [6.45, 7) is 5.82. The van der Waals surface area contributed by atoms with E-state index in [2.05, 4.69) is 20.8 Å². The molecule has 134 valence electrons. The number of rotatable bonds is 6. The zero-order valence-corrected chi connectivity index (χ0v) is 15.0. The number of aromatic nitrogens is 2. The van der Waals surface area contributed by atoms with Gasteiger partial charge in [-0.25, -0.2) is 4.98 Å². The van der Waals surface area contributed by atoms with Gasteiger partial charge < -0.3 is 15.2 Å². The van der Waals surface area contributed by atoms with Gasteiger partial charge in [0.2, 0.25) is 5.91 Å². The molecule has 2 amide bonds. The standard InChI is InChI=1S/C18H24N4O3/c1-9(2)7-14(17(24)19-4)20-16(23)12-8-13(11-5-6-11)21-18-15(12)10(3)22-25-18/h8-9,11,14H,5-7H2,1-4H3,(H,19,24)(H,20,23)/t14-/m0/s1. The van der Waals surface area contributed by atoms with Crippen LogP contribution in [0.5, 0.6) is 0 Å². The Hall–Kier alpha value is -2.44. The van der Waals surface area contributed by atoms with Gasteiger partial charge in [-0.05, 0) is 38.2 Å². The normalized spacial score (nSPS) is 15.4. The molecule has 0 saturated heterocycles. The van der Waals surface area contributed by atoms with Crippen molar-refractivity contribution in [2.24, 2.45) is 5.92 Å². The highest BCUT2D eigenvalue weighted by atomic mass is 16.5. The third-order valence-corrected chi connectivity index (χ3v) is 4.45. The van der Waals surface area contributed by atoms with Crippen molar-refractivity contribution in [3.63, 3.8) is 0 Å². The van der Waals surface area contributed by atoms with E-state index in [1.165, 1.54) is 0 Å². The summed E-state index contributed by atoms with van der Waals surface area (Å²) >= 11 is 0. The van der Waals surface area contributed by atoms with Crippen LogP contribution in [-0.2, 0) is 4.79 Å². The molecule has 2 N–H and O–H groups in total. The Bertz CT molecular complexity index is 808. The molecule has 3 rings (SSSR count). The Labute approximate surface area is 146 Å². The fourth-order valence-electron chi connectivity index (χ4n) is 2.99. The molecular weight excluding hydrogens is 320 g/mol. The molecule has 0 spiro atoms. The summed E-state index contributed by atoms with van der Waals surface area (Å²) in [5, 5.41) is 10.0. The number of carbonyl (C=O) groups is 2. The highest BCUT2D eigenvalue weighted by Gasteiger charge is 2.30. The maximum atomic E-state index is 12.9. The van der Waals surface area contributed by atoms with Gasteiger partial charge in [-0.3, -0.25) is 9.59 Å². The molecule has 1 atom stereocenters. The Morgan fingerprint density at radius 1 is 1.36 bits per heavy atom. The largest absolute Gasteiger partial charge is 0.357 e. The summed E-state index contributed by atoms with van der Waals surface area (Å²) in [4.78, 5) is 29.5. The zero-order valence-electron chi connectivity index (χ0n) is 15.0. The summed E-state index contributed by atoms with van der Waals surface area (Å²) in [6.07, 6.45) is 2.71. The first-order chi connectivity index (χ1) is 11.9. The van der Waals surface area contributed by atoms with E-state index >= 15 is 0 Å². The van der Waals surface area contributed by atoms with Crippen LogP contribution in [-0.4, -0.2) is 35.0 Å². The average Bonchev–Trinajstić information content (AvgIpc) is 3.36. The SMILES string of the molecule is CNC(=O)[C@H](CC(C)C)NC(=O)c1cc(C2CC2)nc2onc(C)c12. The minimum Gasteiger partial charge on any atom is -0.357 e. The Morgan fingerprint density at radius 2 is 2.08 bits per heavy atom. The summed E-state index contributed by atoms with van der Waals surface area (Å²) in [5.41, 5.74) is 2.33. The number of hydrogen-bond acceptors (Lipinski definition) is 5. The molecule has 7 nitrogen and oxygen atoms in total. The van der Waals surface area contributed by atoms with Crippen molar-refractivity contribution in [1.82, 2.24) is 20.8 Å². The number of carbonyl (C=O) groups excluding carboxylic acids is 2. The maximum absolute atomic E-state index is 12.9.